The van der Waals surface area contributed by atoms with E-state index in [4.69, 9.17) is 15.2 Å². The number of aliphatic hydroxyl groups is 1. The van der Waals surface area contributed by atoms with Crippen LogP contribution in [0.25, 0.3) is 0 Å². The van der Waals surface area contributed by atoms with E-state index in [0.29, 0.717) is 24.7 Å². The summed E-state index contributed by atoms with van der Waals surface area (Å²) in [6.07, 6.45) is -0.681. The van der Waals surface area contributed by atoms with Crippen molar-refractivity contribution in [2.75, 3.05) is 19.8 Å². The molecule has 90 valence electrons. The normalized spacial score (nSPS) is 12.2. The fourth-order valence-corrected chi connectivity index (χ4v) is 1.42. The van der Waals surface area contributed by atoms with Crippen LogP contribution in [0.3, 0.4) is 0 Å². The van der Waals surface area contributed by atoms with Crippen molar-refractivity contribution in [2.45, 2.75) is 20.0 Å². The van der Waals surface area contributed by atoms with Crippen LogP contribution in [0, 0.1) is 0 Å². The zero-order chi connectivity index (χ0) is 12.0. The first-order valence-electron chi connectivity index (χ1n) is 5.50. The first kappa shape index (κ1) is 12.8. The van der Waals surface area contributed by atoms with Gasteiger partial charge in [0.2, 0.25) is 0 Å². The highest BCUT2D eigenvalue weighted by Crippen LogP contribution is 2.26. The molecule has 1 unspecified atom stereocenters. The van der Waals surface area contributed by atoms with Gasteiger partial charge in [-0.15, -0.1) is 0 Å². The van der Waals surface area contributed by atoms with E-state index >= 15 is 0 Å². The van der Waals surface area contributed by atoms with E-state index in [9.17, 15) is 5.11 Å². The van der Waals surface area contributed by atoms with Crippen molar-refractivity contribution in [2.24, 2.45) is 5.73 Å². The van der Waals surface area contributed by atoms with Crippen molar-refractivity contribution in [3.05, 3.63) is 23.8 Å². The van der Waals surface area contributed by atoms with Crippen LogP contribution < -0.4 is 15.2 Å². The molecule has 0 spiro atoms. The van der Waals surface area contributed by atoms with Crippen LogP contribution in [0.1, 0.15) is 25.5 Å². The van der Waals surface area contributed by atoms with Crippen LogP contribution in [-0.4, -0.2) is 24.9 Å². The molecule has 1 aromatic rings. The molecule has 0 amide bonds. The third-order valence-electron chi connectivity index (χ3n) is 2.13. The summed E-state index contributed by atoms with van der Waals surface area (Å²) in [6.45, 7) is 5.15. The summed E-state index contributed by atoms with van der Waals surface area (Å²) in [7, 11) is 0. The molecular weight excluding hydrogens is 206 g/mol. The number of ether oxygens (including phenoxy) is 2. The van der Waals surface area contributed by atoms with Gasteiger partial charge in [0.1, 0.15) is 11.5 Å². The Morgan fingerprint density at radius 2 is 1.62 bits per heavy atom. The molecular formula is C12H19NO3. The molecule has 0 fully saturated rings. The highest BCUT2D eigenvalue weighted by Gasteiger charge is 2.09. The quantitative estimate of drug-likeness (QED) is 0.769. The predicted octanol–water partition coefficient (Wildman–Crippen LogP) is 1.48. The lowest BCUT2D eigenvalue weighted by Crippen LogP contribution is -2.12. The maximum absolute atomic E-state index is 9.68. The standard InChI is InChI=1S/C12H19NO3/c1-3-15-10-5-9(12(14)8-13)6-11(7-10)16-4-2/h5-7,12,14H,3-4,8,13H2,1-2H3. The van der Waals surface area contributed by atoms with Gasteiger partial charge in [-0.3, -0.25) is 0 Å². The Morgan fingerprint density at radius 3 is 2.00 bits per heavy atom. The number of hydrogen-bond donors (Lipinski definition) is 2. The molecule has 0 bridgehead atoms. The van der Waals surface area contributed by atoms with E-state index in [1.54, 1.807) is 18.2 Å². The first-order valence-corrected chi connectivity index (χ1v) is 5.50. The summed E-state index contributed by atoms with van der Waals surface area (Å²) < 4.78 is 10.8. The summed E-state index contributed by atoms with van der Waals surface area (Å²) in [6, 6.07) is 5.37. The molecule has 0 saturated heterocycles. The molecule has 4 heteroatoms. The van der Waals surface area contributed by atoms with E-state index in [2.05, 4.69) is 0 Å². The van der Waals surface area contributed by atoms with Crippen molar-refractivity contribution in [1.29, 1.82) is 0 Å². The summed E-state index contributed by atoms with van der Waals surface area (Å²) >= 11 is 0. The van der Waals surface area contributed by atoms with Gasteiger partial charge in [-0.25, -0.2) is 0 Å². The van der Waals surface area contributed by atoms with Gasteiger partial charge in [0.25, 0.3) is 0 Å². The van der Waals surface area contributed by atoms with Crippen LogP contribution >= 0.6 is 0 Å². The summed E-state index contributed by atoms with van der Waals surface area (Å²) in [5.41, 5.74) is 6.14. The zero-order valence-corrected chi connectivity index (χ0v) is 9.77. The third kappa shape index (κ3) is 3.40. The van der Waals surface area contributed by atoms with E-state index in [-0.39, 0.29) is 6.54 Å². The Hall–Kier alpha value is -1.26. The minimum Gasteiger partial charge on any atom is -0.494 e. The maximum Gasteiger partial charge on any atom is 0.123 e. The van der Waals surface area contributed by atoms with Gasteiger partial charge in [0.05, 0.1) is 19.3 Å². The van der Waals surface area contributed by atoms with Crippen LogP contribution in [0.4, 0.5) is 0 Å². The monoisotopic (exact) mass is 225 g/mol. The molecule has 4 nitrogen and oxygen atoms in total. The van der Waals surface area contributed by atoms with Crippen molar-refractivity contribution in [1.82, 2.24) is 0 Å². The van der Waals surface area contributed by atoms with Crippen LogP contribution in [-0.2, 0) is 0 Å². The second-order valence-electron chi connectivity index (χ2n) is 3.36. The molecule has 1 atom stereocenters. The van der Waals surface area contributed by atoms with Gasteiger partial charge in [-0.05, 0) is 31.5 Å². The van der Waals surface area contributed by atoms with Gasteiger partial charge >= 0.3 is 0 Å². The molecule has 0 aliphatic carbocycles. The van der Waals surface area contributed by atoms with Crippen molar-refractivity contribution < 1.29 is 14.6 Å². The van der Waals surface area contributed by atoms with Gasteiger partial charge in [-0.1, -0.05) is 0 Å². The van der Waals surface area contributed by atoms with Crippen molar-refractivity contribution in [3.8, 4) is 11.5 Å². The SMILES string of the molecule is CCOc1cc(OCC)cc(C(O)CN)c1. The number of nitrogens with two attached hydrogens (primary N) is 1. The molecule has 0 radical (unpaired) electrons. The third-order valence-corrected chi connectivity index (χ3v) is 2.13. The molecule has 0 aromatic heterocycles. The Labute approximate surface area is 96.0 Å². The van der Waals surface area contributed by atoms with Gasteiger partial charge in [0, 0.05) is 12.6 Å². The number of aliphatic hydroxyl groups excluding tert-OH is 1. The number of rotatable bonds is 6. The average molecular weight is 225 g/mol. The van der Waals surface area contributed by atoms with Crippen LogP contribution in [0.5, 0.6) is 11.5 Å². The maximum atomic E-state index is 9.68. The van der Waals surface area contributed by atoms with E-state index < -0.39 is 6.10 Å². The van der Waals surface area contributed by atoms with Gasteiger partial charge in [0.15, 0.2) is 0 Å². The van der Waals surface area contributed by atoms with Crippen molar-refractivity contribution >= 4 is 0 Å². The summed E-state index contributed by atoms with van der Waals surface area (Å²) in [4.78, 5) is 0. The molecule has 3 N–H and O–H groups in total. The molecule has 0 heterocycles. The molecule has 1 aromatic carbocycles. The average Bonchev–Trinajstić information content (AvgIpc) is 2.28. The van der Waals surface area contributed by atoms with Gasteiger partial charge < -0.3 is 20.3 Å². The Morgan fingerprint density at radius 1 is 1.12 bits per heavy atom. The first-order chi connectivity index (χ1) is 7.71. The fourth-order valence-electron chi connectivity index (χ4n) is 1.42. The van der Waals surface area contributed by atoms with Gasteiger partial charge in [-0.2, -0.15) is 0 Å². The number of benzene rings is 1. The second-order valence-corrected chi connectivity index (χ2v) is 3.36. The predicted molar refractivity (Wildman–Crippen MR) is 62.8 cm³/mol. The molecule has 0 aliphatic rings. The summed E-state index contributed by atoms with van der Waals surface area (Å²) in [5.74, 6) is 1.38. The largest absolute Gasteiger partial charge is 0.494 e. The molecule has 1 rings (SSSR count). The van der Waals surface area contributed by atoms with Crippen LogP contribution in [0.15, 0.2) is 18.2 Å². The Kier molecular flexibility index (Phi) is 5.08. The van der Waals surface area contributed by atoms with E-state index in [0.717, 1.165) is 5.56 Å². The van der Waals surface area contributed by atoms with E-state index in [1.165, 1.54) is 0 Å². The lowest BCUT2D eigenvalue weighted by atomic mass is 10.1. The molecule has 0 saturated carbocycles. The topological polar surface area (TPSA) is 64.7 Å². The minimum atomic E-state index is -0.681. The Balaban J connectivity index is 2.97. The second kappa shape index (κ2) is 6.35. The minimum absolute atomic E-state index is 0.182. The smallest absolute Gasteiger partial charge is 0.123 e. The fraction of sp³-hybridized carbons (Fsp3) is 0.500. The zero-order valence-electron chi connectivity index (χ0n) is 9.77. The number of hydrogen-bond acceptors (Lipinski definition) is 4. The highest BCUT2D eigenvalue weighted by molar-refractivity contribution is 5.39. The van der Waals surface area contributed by atoms with Crippen LogP contribution in [0.2, 0.25) is 0 Å². The Bertz CT molecular complexity index is 304. The molecule has 0 aliphatic heterocycles. The van der Waals surface area contributed by atoms with Crippen molar-refractivity contribution in [3.63, 3.8) is 0 Å². The molecule has 16 heavy (non-hydrogen) atoms. The summed E-state index contributed by atoms with van der Waals surface area (Å²) in [5, 5.41) is 9.68. The lowest BCUT2D eigenvalue weighted by molar-refractivity contribution is 0.185. The lowest BCUT2D eigenvalue weighted by Gasteiger charge is -2.13. The van der Waals surface area contributed by atoms with E-state index in [1.807, 2.05) is 13.8 Å². The highest BCUT2D eigenvalue weighted by atomic mass is 16.5.